The molecule has 0 atom stereocenters. The fraction of sp³-hybridized carbons (Fsp3) is 0.143. The van der Waals surface area contributed by atoms with Crippen molar-refractivity contribution < 1.29 is 0 Å². The molecule has 3 N–H and O–H groups in total. The lowest BCUT2D eigenvalue weighted by Gasteiger charge is -1.94. The van der Waals surface area contributed by atoms with Gasteiger partial charge in [0.1, 0.15) is 10.8 Å². The molecule has 0 aromatic carbocycles. The molecular formula is C7H8N4S2. The van der Waals surface area contributed by atoms with Gasteiger partial charge in [-0.3, -0.25) is 0 Å². The van der Waals surface area contributed by atoms with Crippen molar-refractivity contribution in [3.05, 3.63) is 16.6 Å². The molecule has 6 heteroatoms. The average Bonchev–Trinajstić information content (AvgIpc) is 2.62. The Morgan fingerprint density at radius 1 is 1.54 bits per heavy atom. The number of hydrogen-bond acceptors (Lipinski definition) is 6. The molecule has 0 spiro atoms. The van der Waals surface area contributed by atoms with E-state index in [4.69, 9.17) is 5.73 Å². The third-order valence-corrected chi connectivity index (χ3v) is 2.89. The van der Waals surface area contributed by atoms with Crippen LogP contribution in [0.25, 0.3) is 0 Å². The van der Waals surface area contributed by atoms with Crippen LogP contribution in [0, 0.1) is 6.92 Å². The lowest BCUT2D eigenvalue weighted by molar-refractivity contribution is 1.27. The van der Waals surface area contributed by atoms with E-state index in [1.165, 1.54) is 11.3 Å². The summed E-state index contributed by atoms with van der Waals surface area (Å²) in [7, 11) is 0. The van der Waals surface area contributed by atoms with Crippen LogP contribution in [-0.2, 0) is 0 Å². The smallest absolute Gasteiger partial charge is 0.190 e. The van der Waals surface area contributed by atoms with Gasteiger partial charge in [-0.2, -0.15) is 0 Å². The molecule has 4 nitrogen and oxygen atoms in total. The van der Waals surface area contributed by atoms with Gasteiger partial charge in [0.25, 0.3) is 0 Å². The van der Waals surface area contributed by atoms with E-state index in [9.17, 15) is 0 Å². The number of hydrogen-bond donors (Lipinski definition) is 2. The van der Waals surface area contributed by atoms with Crippen molar-refractivity contribution in [2.24, 2.45) is 0 Å². The summed E-state index contributed by atoms with van der Waals surface area (Å²) in [6, 6.07) is 0. The number of nitrogen functional groups attached to an aromatic ring is 1. The van der Waals surface area contributed by atoms with Crippen LogP contribution >= 0.6 is 22.7 Å². The Labute approximate surface area is 83.5 Å². The number of aromatic nitrogens is 2. The predicted octanol–water partition coefficient (Wildman–Crippen LogP) is 2.23. The number of nitrogens with one attached hydrogen (secondary N) is 1. The maximum atomic E-state index is 5.54. The maximum absolute atomic E-state index is 5.54. The molecule has 0 radical (unpaired) electrons. The van der Waals surface area contributed by atoms with Gasteiger partial charge >= 0.3 is 0 Å². The van der Waals surface area contributed by atoms with Gasteiger partial charge in [0.15, 0.2) is 5.13 Å². The van der Waals surface area contributed by atoms with E-state index < -0.39 is 0 Å². The molecule has 0 unspecified atom stereocenters. The van der Waals surface area contributed by atoms with E-state index in [1.54, 1.807) is 17.5 Å². The summed E-state index contributed by atoms with van der Waals surface area (Å²) in [5.74, 6) is 0.830. The summed E-state index contributed by atoms with van der Waals surface area (Å²) in [5.41, 5.74) is 5.54. The summed E-state index contributed by atoms with van der Waals surface area (Å²) >= 11 is 3.01. The van der Waals surface area contributed by atoms with Gasteiger partial charge in [0.05, 0.1) is 11.2 Å². The quantitative estimate of drug-likeness (QED) is 0.801. The Hall–Kier alpha value is -1.14. The second-order valence-electron chi connectivity index (χ2n) is 2.44. The second kappa shape index (κ2) is 3.31. The zero-order valence-corrected chi connectivity index (χ0v) is 8.58. The van der Waals surface area contributed by atoms with Gasteiger partial charge in [-0.05, 0) is 6.92 Å². The van der Waals surface area contributed by atoms with E-state index in [2.05, 4.69) is 15.3 Å². The number of nitrogens with two attached hydrogens (primary N) is 1. The molecule has 0 fully saturated rings. The van der Waals surface area contributed by atoms with Gasteiger partial charge in [0.2, 0.25) is 0 Å². The lowest BCUT2D eigenvalue weighted by Crippen LogP contribution is -1.88. The Bertz CT molecular complexity index is 368. The van der Waals surface area contributed by atoms with Crippen LogP contribution in [0.1, 0.15) is 5.01 Å². The van der Waals surface area contributed by atoms with Crippen LogP contribution in [-0.4, -0.2) is 9.97 Å². The van der Waals surface area contributed by atoms with E-state index >= 15 is 0 Å². The van der Waals surface area contributed by atoms with Crippen molar-refractivity contribution in [1.29, 1.82) is 0 Å². The molecule has 0 saturated heterocycles. The van der Waals surface area contributed by atoms with E-state index in [0.717, 1.165) is 16.0 Å². The first kappa shape index (κ1) is 8.46. The standard InChI is InChI=1S/C7H8N4S2/c1-4-10-6(3-12-4)11-7-9-2-5(8)13-7/h2-3H,8H2,1H3,(H,9,11). The Morgan fingerprint density at radius 3 is 2.92 bits per heavy atom. The Balaban J connectivity index is 2.14. The highest BCUT2D eigenvalue weighted by atomic mass is 32.1. The van der Waals surface area contributed by atoms with Crippen molar-refractivity contribution in [3.8, 4) is 0 Å². The number of aryl methyl sites for hydroxylation is 1. The van der Waals surface area contributed by atoms with Crippen LogP contribution in [0.15, 0.2) is 11.6 Å². The minimum Gasteiger partial charge on any atom is -0.389 e. The fourth-order valence-corrected chi connectivity index (χ4v) is 2.01. The van der Waals surface area contributed by atoms with Gasteiger partial charge in [0, 0.05) is 5.38 Å². The van der Waals surface area contributed by atoms with E-state index in [-0.39, 0.29) is 0 Å². The van der Waals surface area contributed by atoms with Crippen molar-refractivity contribution in [3.63, 3.8) is 0 Å². The third kappa shape index (κ3) is 1.96. The number of rotatable bonds is 2. The number of anilines is 3. The monoisotopic (exact) mass is 212 g/mol. The average molecular weight is 212 g/mol. The van der Waals surface area contributed by atoms with Crippen molar-refractivity contribution in [2.45, 2.75) is 6.92 Å². The third-order valence-electron chi connectivity index (χ3n) is 1.38. The first-order chi connectivity index (χ1) is 6.24. The van der Waals surface area contributed by atoms with Gasteiger partial charge in [-0.25, -0.2) is 9.97 Å². The molecule has 13 heavy (non-hydrogen) atoms. The molecule has 0 bridgehead atoms. The molecule has 0 aliphatic rings. The molecule has 2 heterocycles. The molecule has 0 aliphatic heterocycles. The number of thiazole rings is 2. The van der Waals surface area contributed by atoms with Crippen LogP contribution in [0.2, 0.25) is 0 Å². The minimum absolute atomic E-state index is 0.703. The summed E-state index contributed by atoms with van der Waals surface area (Å²) in [4.78, 5) is 8.32. The van der Waals surface area contributed by atoms with E-state index in [1.807, 2.05) is 12.3 Å². The first-order valence-corrected chi connectivity index (χ1v) is 5.34. The zero-order chi connectivity index (χ0) is 9.26. The summed E-state index contributed by atoms with van der Waals surface area (Å²) in [6.07, 6.45) is 1.63. The second-order valence-corrected chi connectivity index (χ2v) is 4.57. The fourth-order valence-electron chi connectivity index (χ4n) is 0.875. The van der Waals surface area contributed by atoms with Crippen LogP contribution < -0.4 is 11.1 Å². The highest BCUT2D eigenvalue weighted by Crippen LogP contribution is 2.24. The summed E-state index contributed by atoms with van der Waals surface area (Å²) in [5, 5.41) is 7.54. The van der Waals surface area contributed by atoms with Gasteiger partial charge in [-0.1, -0.05) is 11.3 Å². The SMILES string of the molecule is Cc1nc(Nc2ncc(N)s2)cs1. The molecule has 0 aliphatic carbocycles. The Kier molecular flexibility index (Phi) is 2.15. The molecular weight excluding hydrogens is 204 g/mol. The number of nitrogens with zero attached hydrogens (tertiary/aromatic N) is 2. The lowest BCUT2D eigenvalue weighted by atomic mass is 10.7. The molecule has 2 rings (SSSR count). The molecule has 2 aromatic heterocycles. The predicted molar refractivity (Wildman–Crippen MR) is 56.7 cm³/mol. The van der Waals surface area contributed by atoms with Crippen LogP contribution in [0.4, 0.5) is 16.0 Å². The highest BCUT2D eigenvalue weighted by molar-refractivity contribution is 7.19. The molecule has 2 aromatic rings. The Morgan fingerprint density at radius 2 is 2.38 bits per heavy atom. The summed E-state index contributed by atoms with van der Waals surface area (Å²) < 4.78 is 0. The van der Waals surface area contributed by atoms with Crippen LogP contribution in [0.5, 0.6) is 0 Å². The largest absolute Gasteiger partial charge is 0.389 e. The van der Waals surface area contributed by atoms with Crippen molar-refractivity contribution >= 4 is 38.6 Å². The first-order valence-electron chi connectivity index (χ1n) is 3.64. The maximum Gasteiger partial charge on any atom is 0.190 e. The van der Waals surface area contributed by atoms with Crippen molar-refractivity contribution in [2.75, 3.05) is 11.1 Å². The summed E-state index contributed by atoms with van der Waals surface area (Å²) in [6.45, 7) is 1.96. The molecule has 68 valence electrons. The van der Waals surface area contributed by atoms with Gasteiger partial charge < -0.3 is 11.1 Å². The zero-order valence-electron chi connectivity index (χ0n) is 6.94. The van der Waals surface area contributed by atoms with Gasteiger partial charge in [-0.15, -0.1) is 11.3 Å². The van der Waals surface area contributed by atoms with E-state index in [0.29, 0.717) is 5.00 Å². The normalized spacial score (nSPS) is 10.2. The minimum atomic E-state index is 0.703. The topological polar surface area (TPSA) is 63.8 Å². The highest BCUT2D eigenvalue weighted by Gasteiger charge is 2.01. The van der Waals surface area contributed by atoms with Crippen LogP contribution in [0.3, 0.4) is 0 Å². The molecule has 0 amide bonds. The molecule has 0 saturated carbocycles. The van der Waals surface area contributed by atoms with Crippen molar-refractivity contribution in [1.82, 2.24) is 9.97 Å².